The standard InChI is InChI=1S/C26H28O5S2/c27-22(16-31-25(30)21-14-8-3-9-15-21)23(28)24(29)26(32-17-19-10-4-1-5-11-19)33-18-20-12-6-2-7-13-20/h1-15,22-24,26-29H,16-18H2/t22-,23+,24-/m1/s1. The van der Waals surface area contributed by atoms with Gasteiger partial charge in [-0.1, -0.05) is 78.9 Å². The van der Waals surface area contributed by atoms with Gasteiger partial charge >= 0.3 is 5.97 Å². The van der Waals surface area contributed by atoms with E-state index in [9.17, 15) is 20.1 Å². The van der Waals surface area contributed by atoms with Gasteiger partial charge in [-0.3, -0.25) is 0 Å². The van der Waals surface area contributed by atoms with Crippen LogP contribution >= 0.6 is 23.5 Å². The molecule has 0 aliphatic carbocycles. The number of benzene rings is 3. The van der Waals surface area contributed by atoms with Gasteiger partial charge in [0.05, 0.1) is 10.1 Å². The van der Waals surface area contributed by atoms with Gasteiger partial charge in [-0.15, -0.1) is 23.5 Å². The molecule has 33 heavy (non-hydrogen) atoms. The van der Waals surface area contributed by atoms with E-state index >= 15 is 0 Å². The number of hydrogen-bond donors (Lipinski definition) is 3. The lowest BCUT2D eigenvalue weighted by Gasteiger charge is -2.29. The van der Waals surface area contributed by atoms with E-state index in [1.54, 1.807) is 30.3 Å². The van der Waals surface area contributed by atoms with Crippen LogP contribution in [0.1, 0.15) is 21.5 Å². The van der Waals surface area contributed by atoms with Crippen LogP contribution in [0.3, 0.4) is 0 Å². The van der Waals surface area contributed by atoms with E-state index in [0.717, 1.165) is 11.1 Å². The summed E-state index contributed by atoms with van der Waals surface area (Å²) in [6, 6.07) is 28.2. The number of thioether (sulfide) groups is 2. The minimum absolute atomic E-state index is 0.356. The van der Waals surface area contributed by atoms with Crippen LogP contribution in [0.25, 0.3) is 0 Å². The number of carbonyl (C=O) groups excluding carboxylic acids is 1. The molecule has 0 bridgehead atoms. The summed E-state index contributed by atoms with van der Waals surface area (Å²) >= 11 is 3.01. The zero-order valence-electron chi connectivity index (χ0n) is 18.1. The zero-order valence-corrected chi connectivity index (χ0v) is 19.7. The molecular formula is C26H28O5S2. The van der Waals surface area contributed by atoms with Gasteiger partial charge in [-0.25, -0.2) is 4.79 Å². The lowest BCUT2D eigenvalue weighted by Crippen LogP contribution is -2.44. The van der Waals surface area contributed by atoms with Gasteiger partial charge in [-0.2, -0.15) is 0 Å². The number of carbonyl (C=O) groups is 1. The van der Waals surface area contributed by atoms with Gasteiger partial charge in [0.15, 0.2) is 0 Å². The Kier molecular flexibility index (Phi) is 10.3. The summed E-state index contributed by atoms with van der Waals surface area (Å²) in [5.74, 6) is 0.705. The van der Waals surface area contributed by atoms with E-state index in [1.807, 2.05) is 60.7 Å². The Bertz CT molecular complexity index is 913. The van der Waals surface area contributed by atoms with E-state index in [2.05, 4.69) is 0 Å². The Morgan fingerprint density at radius 3 is 1.64 bits per heavy atom. The molecule has 7 heteroatoms. The van der Waals surface area contributed by atoms with E-state index in [1.165, 1.54) is 23.5 Å². The van der Waals surface area contributed by atoms with Gasteiger partial charge < -0.3 is 20.1 Å². The van der Waals surface area contributed by atoms with Crippen molar-refractivity contribution >= 4 is 29.5 Å². The molecule has 3 atom stereocenters. The minimum Gasteiger partial charge on any atom is -0.459 e. The monoisotopic (exact) mass is 484 g/mol. The third kappa shape index (κ3) is 8.21. The van der Waals surface area contributed by atoms with Crippen molar-refractivity contribution in [3.8, 4) is 0 Å². The predicted octanol–water partition coefficient (Wildman–Crippen LogP) is 4.12. The second-order valence-corrected chi connectivity index (χ2v) is 10.0. The number of hydrogen-bond acceptors (Lipinski definition) is 7. The topological polar surface area (TPSA) is 87.0 Å². The van der Waals surface area contributed by atoms with Gasteiger partial charge in [0, 0.05) is 11.5 Å². The largest absolute Gasteiger partial charge is 0.459 e. The van der Waals surface area contributed by atoms with Crippen LogP contribution in [0.2, 0.25) is 0 Å². The van der Waals surface area contributed by atoms with E-state index in [0.29, 0.717) is 17.1 Å². The molecule has 0 fully saturated rings. The van der Waals surface area contributed by atoms with Crippen molar-refractivity contribution in [3.63, 3.8) is 0 Å². The van der Waals surface area contributed by atoms with Crippen LogP contribution in [0.15, 0.2) is 91.0 Å². The fourth-order valence-electron chi connectivity index (χ4n) is 3.06. The Hall–Kier alpha value is -2.29. The van der Waals surface area contributed by atoms with Gasteiger partial charge in [0.1, 0.15) is 24.9 Å². The number of ether oxygens (including phenoxy) is 1. The van der Waals surface area contributed by atoms with Gasteiger partial charge in [0.25, 0.3) is 0 Å². The number of esters is 1. The van der Waals surface area contributed by atoms with Crippen LogP contribution in [0.4, 0.5) is 0 Å². The highest BCUT2D eigenvalue weighted by molar-refractivity contribution is 8.16. The Morgan fingerprint density at radius 1 is 0.697 bits per heavy atom. The first kappa shape index (κ1) is 25.3. The molecule has 0 saturated heterocycles. The van der Waals surface area contributed by atoms with Gasteiger partial charge in [-0.05, 0) is 23.3 Å². The Balaban J connectivity index is 1.59. The number of aliphatic hydroxyl groups is 3. The van der Waals surface area contributed by atoms with Crippen LogP contribution < -0.4 is 0 Å². The molecular weight excluding hydrogens is 456 g/mol. The second kappa shape index (κ2) is 13.4. The summed E-state index contributed by atoms with van der Waals surface area (Å²) in [6.07, 6.45) is -4.10. The molecule has 0 spiro atoms. The average molecular weight is 485 g/mol. The van der Waals surface area contributed by atoms with E-state index < -0.39 is 35.5 Å². The maximum atomic E-state index is 12.1. The SMILES string of the molecule is O=C(OC[C@@H](O)[C@H](O)[C@@H](O)C(SCc1ccccc1)SCc1ccccc1)c1ccccc1. The molecule has 0 aliphatic heterocycles. The van der Waals surface area contributed by atoms with Crippen molar-refractivity contribution in [3.05, 3.63) is 108 Å². The zero-order chi connectivity index (χ0) is 23.5. The summed E-state index contributed by atoms with van der Waals surface area (Å²) in [4.78, 5) is 12.1. The third-order valence-corrected chi connectivity index (χ3v) is 7.96. The second-order valence-electron chi connectivity index (χ2n) is 7.47. The fourth-order valence-corrected chi connectivity index (χ4v) is 5.66. The Labute approximate surface area is 202 Å². The molecule has 3 aromatic rings. The van der Waals surface area contributed by atoms with Crippen LogP contribution in [0, 0.1) is 0 Å². The first-order valence-electron chi connectivity index (χ1n) is 10.6. The maximum absolute atomic E-state index is 12.1. The minimum atomic E-state index is -1.47. The first-order chi connectivity index (χ1) is 16.0. The summed E-state index contributed by atoms with van der Waals surface area (Å²) in [5, 5.41) is 31.9. The summed E-state index contributed by atoms with van der Waals surface area (Å²) in [7, 11) is 0. The summed E-state index contributed by atoms with van der Waals surface area (Å²) in [5.41, 5.74) is 2.56. The molecule has 3 N–H and O–H groups in total. The lowest BCUT2D eigenvalue weighted by atomic mass is 10.1. The summed E-state index contributed by atoms with van der Waals surface area (Å²) < 4.78 is 4.72. The molecule has 174 valence electrons. The molecule has 0 aliphatic rings. The van der Waals surface area contributed by atoms with Crippen molar-refractivity contribution in [2.75, 3.05) is 6.61 Å². The summed E-state index contributed by atoms with van der Waals surface area (Å²) in [6.45, 7) is -0.411. The van der Waals surface area contributed by atoms with Crippen molar-refractivity contribution in [1.29, 1.82) is 0 Å². The van der Waals surface area contributed by atoms with Crippen LogP contribution in [-0.2, 0) is 16.2 Å². The molecule has 3 rings (SSSR count). The average Bonchev–Trinajstić information content (AvgIpc) is 2.88. The predicted molar refractivity (Wildman–Crippen MR) is 134 cm³/mol. The molecule has 0 aromatic heterocycles. The quantitative estimate of drug-likeness (QED) is 0.263. The maximum Gasteiger partial charge on any atom is 0.338 e. The van der Waals surface area contributed by atoms with Crippen molar-refractivity contribution in [2.24, 2.45) is 0 Å². The van der Waals surface area contributed by atoms with E-state index in [4.69, 9.17) is 4.74 Å². The normalized spacial score (nSPS) is 13.9. The lowest BCUT2D eigenvalue weighted by molar-refractivity contribution is -0.0747. The van der Waals surface area contributed by atoms with Crippen molar-refractivity contribution in [2.45, 2.75) is 34.4 Å². The number of rotatable bonds is 12. The highest BCUT2D eigenvalue weighted by atomic mass is 32.2. The molecule has 0 saturated carbocycles. The molecule has 5 nitrogen and oxygen atoms in total. The highest BCUT2D eigenvalue weighted by Gasteiger charge is 2.33. The first-order valence-corrected chi connectivity index (χ1v) is 12.7. The van der Waals surface area contributed by atoms with Gasteiger partial charge in [0.2, 0.25) is 0 Å². The Morgan fingerprint density at radius 2 is 1.15 bits per heavy atom. The van der Waals surface area contributed by atoms with E-state index in [-0.39, 0.29) is 0 Å². The third-order valence-electron chi connectivity index (χ3n) is 4.93. The van der Waals surface area contributed by atoms with Crippen LogP contribution in [-0.4, -0.2) is 50.8 Å². The van der Waals surface area contributed by atoms with Crippen molar-refractivity contribution in [1.82, 2.24) is 0 Å². The van der Waals surface area contributed by atoms with Crippen molar-refractivity contribution < 1.29 is 24.9 Å². The molecule has 3 aromatic carbocycles. The molecule has 0 unspecified atom stereocenters. The highest BCUT2D eigenvalue weighted by Crippen LogP contribution is 2.34. The molecule has 0 amide bonds. The van der Waals surface area contributed by atoms with Crippen LogP contribution in [0.5, 0.6) is 0 Å². The number of aliphatic hydroxyl groups excluding tert-OH is 3. The fraction of sp³-hybridized carbons (Fsp3) is 0.269. The smallest absolute Gasteiger partial charge is 0.338 e. The molecule has 0 radical (unpaired) electrons. The molecule has 0 heterocycles.